The van der Waals surface area contributed by atoms with Crippen LogP contribution in [-0.4, -0.2) is 14.6 Å². The van der Waals surface area contributed by atoms with Crippen LogP contribution >= 0.6 is 11.6 Å². The number of halogens is 3. The molecular weight excluding hydrogens is 238 g/mol. The summed E-state index contributed by atoms with van der Waals surface area (Å²) in [7, 11) is 0. The van der Waals surface area contributed by atoms with E-state index in [1.807, 2.05) is 6.07 Å². The van der Waals surface area contributed by atoms with Crippen LogP contribution in [0.1, 0.15) is 17.0 Å². The zero-order valence-corrected chi connectivity index (χ0v) is 8.83. The molecule has 7 heteroatoms. The lowest BCUT2D eigenvalue weighted by Crippen LogP contribution is -2.12. The molecule has 0 amide bonds. The number of aryl methyl sites for hydroxylation is 1. The van der Waals surface area contributed by atoms with Crippen molar-refractivity contribution in [2.75, 3.05) is 0 Å². The van der Waals surface area contributed by atoms with Crippen LogP contribution in [-0.2, 0) is 5.38 Å². The Morgan fingerprint density at radius 1 is 1.56 bits per heavy atom. The standard InChI is InChI=1S/C9H5ClF2N4/c1-5-2-7(9(10,11)12)16-8(15-5)6(3-13)4-14-16/h2,4H,1H3. The Labute approximate surface area is 94.1 Å². The molecule has 0 aromatic carbocycles. The number of hydrogen-bond acceptors (Lipinski definition) is 3. The molecule has 2 rings (SSSR count). The molecule has 2 aromatic heterocycles. The molecular formula is C9H5ClF2N4. The highest BCUT2D eigenvalue weighted by Gasteiger charge is 2.32. The van der Waals surface area contributed by atoms with Gasteiger partial charge in [0, 0.05) is 5.69 Å². The maximum Gasteiger partial charge on any atom is 0.364 e. The number of hydrogen-bond donors (Lipinski definition) is 0. The summed E-state index contributed by atoms with van der Waals surface area (Å²) in [6.07, 6.45) is 1.17. The van der Waals surface area contributed by atoms with Crippen LogP contribution in [0.2, 0.25) is 0 Å². The van der Waals surface area contributed by atoms with Gasteiger partial charge in [-0.05, 0) is 24.6 Å². The van der Waals surface area contributed by atoms with E-state index in [4.69, 9.17) is 16.9 Å². The minimum Gasteiger partial charge on any atom is -0.233 e. The molecule has 0 aliphatic heterocycles. The van der Waals surface area contributed by atoms with E-state index in [0.29, 0.717) is 5.69 Å². The SMILES string of the molecule is Cc1cc(C(F)(F)Cl)n2ncc(C#N)c2n1. The second-order valence-electron chi connectivity index (χ2n) is 3.19. The molecule has 0 aliphatic rings. The highest BCUT2D eigenvalue weighted by atomic mass is 35.5. The fourth-order valence-corrected chi connectivity index (χ4v) is 1.50. The summed E-state index contributed by atoms with van der Waals surface area (Å²) in [4.78, 5) is 3.97. The summed E-state index contributed by atoms with van der Waals surface area (Å²) in [5.74, 6) is 0. The van der Waals surface area contributed by atoms with Gasteiger partial charge < -0.3 is 0 Å². The van der Waals surface area contributed by atoms with Crippen LogP contribution in [0.5, 0.6) is 0 Å². The largest absolute Gasteiger partial charge is 0.364 e. The first-order valence-corrected chi connectivity index (χ1v) is 4.64. The third-order valence-electron chi connectivity index (χ3n) is 2.01. The number of nitrogens with zero attached hydrogens (tertiary/aromatic N) is 4. The van der Waals surface area contributed by atoms with Crippen molar-refractivity contribution in [2.24, 2.45) is 0 Å². The average Bonchev–Trinajstić information content (AvgIpc) is 2.57. The molecule has 0 saturated heterocycles. The Kier molecular flexibility index (Phi) is 2.28. The van der Waals surface area contributed by atoms with Crippen LogP contribution in [0.25, 0.3) is 5.65 Å². The minimum absolute atomic E-state index is 0.0813. The Morgan fingerprint density at radius 3 is 2.81 bits per heavy atom. The lowest BCUT2D eigenvalue weighted by Gasteiger charge is -2.10. The van der Waals surface area contributed by atoms with Crippen molar-refractivity contribution in [2.45, 2.75) is 12.3 Å². The van der Waals surface area contributed by atoms with E-state index in [1.54, 1.807) is 6.92 Å². The first-order chi connectivity index (χ1) is 7.43. The molecule has 0 aliphatic carbocycles. The van der Waals surface area contributed by atoms with Gasteiger partial charge in [0.05, 0.1) is 6.20 Å². The second-order valence-corrected chi connectivity index (χ2v) is 3.66. The number of fused-ring (bicyclic) bond motifs is 1. The summed E-state index contributed by atoms with van der Waals surface area (Å²) in [5, 5.41) is 8.86. The van der Waals surface area contributed by atoms with Crippen molar-refractivity contribution in [3.8, 4) is 6.07 Å². The van der Waals surface area contributed by atoms with Crippen LogP contribution in [0, 0.1) is 18.3 Å². The molecule has 0 spiro atoms. The fraction of sp³-hybridized carbons (Fsp3) is 0.222. The Bertz CT molecular complexity index is 594. The lowest BCUT2D eigenvalue weighted by molar-refractivity contribution is 0.0871. The van der Waals surface area contributed by atoms with E-state index in [2.05, 4.69) is 10.1 Å². The van der Waals surface area contributed by atoms with Crippen LogP contribution < -0.4 is 0 Å². The smallest absolute Gasteiger partial charge is 0.233 e. The molecule has 0 radical (unpaired) electrons. The zero-order chi connectivity index (χ0) is 11.9. The number of nitriles is 1. The molecule has 82 valence electrons. The lowest BCUT2D eigenvalue weighted by atomic mass is 10.3. The minimum atomic E-state index is -3.55. The highest BCUT2D eigenvalue weighted by molar-refractivity contribution is 6.21. The van der Waals surface area contributed by atoms with Crippen LogP contribution in [0.15, 0.2) is 12.3 Å². The molecule has 2 heterocycles. The summed E-state index contributed by atoms with van der Waals surface area (Å²) in [5.41, 5.74) is 0.0571. The van der Waals surface area contributed by atoms with Gasteiger partial charge in [-0.25, -0.2) is 9.50 Å². The summed E-state index contributed by atoms with van der Waals surface area (Å²) >= 11 is 4.96. The van der Waals surface area contributed by atoms with Gasteiger partial charge in [0.15, 0.2) is 5.65 Å². The first-order valence-electron chi connectivity index (χ1n) is 4.26. The quantitative estimate of drug-likeness (QED) is 0.721. The summed E-state index contributed by atoms with van der Waals surface area (Å²) < 4.78 is 27.0. The van der Waals surface area contributed by atoms with Gasteiger partial charge >= 0.3 is 5.38 Å². The van der Waals surface area contributed by atoms with Crippen molar-refractivity contribution in [3.05, 3.63) is 29.2 Å². The summed E-state index contributed by atoms with van der Waals surface area (Å²) in [6.45, 7) is 1.54. The van der Waals surface area contributed by atoms with E-state index in [9.17, 15) is 8.78 Å². The van der Waals surface area contributed by atoms with Crippen LogP contribution in [0.4, 0.5) is 8.78 Å². The highest BCUT2D eigenvalue weighted by Crippen LogP contribution is 2.32. The molecule has 0 fully saturated rings. The third-order valence-corrected chi connectivity index (χ3v) is 2.20. The van der Waals surface area contributed by atoms with Crippen molar-refractivity contribution in [1.82, 2.24) is 14.6 Å². The van der Waals surface area contributed by atoms with Gasteiger partial charge in [0.2, 0.25) is 0 Å². The number of aromatic nitrogens is 3. The predicted molar refractivity (Wildman–Crippen MR) is 52.2 cm³/mol. The first kappa shape index (κ1) is 10.8. The maximum absolute atomic E-state index is 13.1. The van der Waals surface area contributed by atoms with E-state index >= 15 is 0 Å². The van der Waals surface area contributed by atoms with Gasteiger partial charge in [-0.3, -0.25) is 0 Å². The number of alkyl halides is 3. The van der Waals surface area contributed by atoms with Gasteiger partial charge in [-0.2, -0.15) is 19.1 Å². The van der Waals surface area contributed by atoms with Gasteiger partial charge in [-0.15, -0.1) is 0 Å². The average molecular weight is 243 g/mol. The maximum atomic E-state index is 13.1. The molecule has 0 bridgehead atoms. The fourth-order valence-electron chi connectivity index (χ4n) is 1.36. The molecule has 0 atom stereocenters. The Morgan fingerprint density at radius 2 is 2.25 bits per heavy atom. The van der Waals surface area contributed by atoms with Crippen LogP contribution in [0.3, 0.4) is 0 Å². The van der Waals surface area contributed by atoms with E-state index in [-0.39, 0.29) is 11.2 Å². The van der Waals surface area contributed by atoms with Gasteiger partial charge in [0.1, 0.15) is 17.3 Å². The molecule has 0 unspecified atom stereocenters. The second kappa shape index (κ2) is 3.39. The van der Waals surface area contributed by atoms with Crippen molar-refractivity contribution in [1.29, 1.82) is 5.26 Å². The molecule has 16 heavy (non-hydrogen) atoms. The predicted octanol–water partition coefficient (Wildman–Crippen LogP) is 2.20. The molecule has 0 saturated carbocycles. The summed E-state index contributed by atoms with van der Waals surface area (Å²) in [6, 6.07) is 2.96. The zero-order valence-electron chi connectivity index (χ0n) is 8.08. The molecule has 0 N–H and O–H groups in total. The topological polar surface area (TPSA) is 54.0 Å². The Balaban J connectivity index is 2.86. The van der Waals surface area contributed by atoms with Crippen molar-refractivity contribution >= 4 is 17.2 Å². The molecule has 2 aromatic rings. The van der Waals surface area contributed by atoms with Crippen molar-refractivity contribution in [3.63, 3.8) is 0 Å². The number of rotatable bonds is 1. The van der Waals surface area contributed by atoms with Gasteiger partial charge in [0.25, 0.3) is 0 Å². The normalized spacial score (nSPS) is 11.7. The van der Waals surface area contributed by atoms with Crippen molar-refractivity contribution < 1.29 is 8.78 Å². The Hall–Kier alpha value is -1.74. The van der Waals surface area contributed by atoms with E-state index < -0.39 is 11.1 Å². The third kappa shape index (κ3) is 1.59. The van der Waals surface area contributed by atoms with Gasteiger partial charge in [-0.1, -0.05) is 0 Å². The van der Waals surface area contributed by atoms with E-state index in [0.717, 1.165) is 10.6 Å². The van der Waals surface area contributed by atoms with E-state index in [1.165, 1.54) is 6.20 Å². The monoisotopic (exact) mass is 242 g/mol. The molecule has 4 nitrogen and oxygen atoms in total.